The van der Waals surface area contributed by atoms with Crippen LogP contribution in [-0.2, 0) is 24.2 Å². The van der Waals surface area contributed by atoms with Gasteiger partial charge < -0.3 is 15.3 Å². The van der Waals surface area contributed by atoms with Crippen LogP contribution in [0.4, 0.5) is 16.2 Å². The fourth-order valence-corrected chi connectivity index (χ4v) is 10.5. The van der Waals surface area contributed by atoms with E-state index < -0.39 is 11.4 Å². The van der Waals surface area contributed by atoms with E-state index in [1.165, 1.54) is 43.7 Å². The molecule has 4 heterocycles. The summed E-state index contributed by atoms with van der Waals surface area (Å²) in [7, 11) is 2.10. The lowest BCUT2D eigenvalue weighted by Gasteiger charge is -2.71. The van der Waals surface area contributed by atoms with Crippen LogP contribution in [0.25, 0.3) is 0 Å². The maximum absolute atomic E-state index is 14.3. The highest BCUT2D eigenvalue weighted by molar-refractivity contribution is 5.79. The number of carboxylic acids is 1. The van der Waals surface area contributed by atoms with Gasteiger partial charge in [0.15, 0.2) is 0 Å². The number of aliphatic carboxylic acids is 1. The lowest BCUT2D eigenvalue weighted by Crippen LogP contribution is -2.72. The highest BCUT2D eigenvalue weighted by atomic mass is 19.1. The number of hydrogen-bond acceptors (Lipinski definition) is 7. The lowest BCUT2D eigenvalue weighted by molar-refractivity contribution is -0.230. The minimum Gasteiger partial charge on any atom is -0.481 e. The molecule has 2 aliphatic heterocycles. The fraction of sp³-hybridized carbons (Fsp3) is 0.632. The molecule has 2 N–H and O–H groups in total. The molecular formula is C38H50FN7O2. The van der Waals surface area contributed by atoms with Gasteiger partial charge in [-0.25, -0.2) is 9.37 Å². The first-order valence-corrected chi connectivity index (χ1v) is 18.4. The quantitative estimate of drug-likeness (QED) is 0.221. The lowest BCUT2D eigenvalue weighted by atomic mass is 9.33. The molecule has 2 aromatic heterocycles. The van der Waals surface area contributed by atoms with E-state index in [1.54, 1.807) is 6.07 Å². The van der Waals surface area contributed by atoms with Crippen LogP contribution in [0.2, 0.25) is 0 Å². The van der Waals surface area contributed by atoms with Gasteiger partial charge >= 0.3 is 5.97 Å². The molecule has 1 aromatic carbocycles. The van der Waals surface area contributed by atoms with E-state index in [9.17, 15) is 14.3 Å². The number of nitrogens with one attached hydrogen (secondary N) is 1. The second kappa shape index (κ2) is 12.1. The highest BCUT2D eigenvalue weighted by Gasteiger charge is 2.74. The zero-order valence-electron chi connectivity index (χ0n) is 28.7. The van der Waals surface area contributed by atoms with E-state index in [1.807, 2.05) is 23.0 Å². The minimum absolute atomic E-state index is 0.00761. The predicted octanol–water partition coefficient (Wildman–Crippen LogP) is 6.74. The Bertz CT molecular complexity index is 1660. The van der Waals surface area contributed by atoms with Gasteiger partial charge in [-0.2, -0.15) is 10.1 Å². The number of halogens is 1. The number of anilines is 2. The van der Waals surface area contributed by atoms with Crippen LogP contribution in [0.15, 0.2) is 36.7 Å². The number of aromatic nitrogens is 4. The molecule has 10 heteroatoms. The normalized spacial score (nSPS) is 30.1. The van der Waals surface area contributed by atoms with Gasteiger partial charge in [0.2, 0.25) is 5.95 Å². The van der Waals surface area contributed by atoms with E-state index in [4.69, 9.17) is 9.97 Å². The van der Waals surface area contributed by atoms with Crippen molar-refractivity contribution in [3.63, 3.8) is 0 Å². The third-order valence-electron chi connectivity index (χ3n) is 12.9. The third kappa shape index (κ3) is 5.29. The Morgan fingerprint density at radius 1 is 1.12 bits per heavy atom. The molecule has 3 aromatic rings. The SMILES string of the molecule is CC[C@@H](N(C)c1nc2c(c(N[C@@H](CN3C4CCCC3CC4)c3cnn(CC)c3)n1)C[C@H](c1cccc(F)c1)CC2)C12CC(C(=O)O)(C1)C2. The van der Waals surface area contributed by atoms with Gasteiger partial charge in [0.25, 0.3) is 0 Å². The molecule has 9 nitrogen and oxygen atoms in total. The van der Waals surface area contributed by atoms with Crippen molar-refractivity contribution in [2.75, 3.05) is 23.8 Å². The molecule has 9 rings (SSSR count). The summed E-state index contributed by atoms with van der Waals surface area (Å²) in [6.45, 7) is 6.04. The Balaban J connectivity index is 1.15. The van der Waals surface area contributed by atoms with Crippen LogP contribution in [0.5, 0.6) is 0 Å². The average molecular weight is 656 g/mol. The monoisotopic (exact) mass is 655 g/mol. The summed E-state index contributed by atoms with van der Waals surface area (Å²) in [5, 5.41) is 18.5. The molecule has 5 fully saturated rings. The molecule has 4 bridgehead atoms. The van der Waals surface area contributed by atoms with Crippen molar-refractivity contribution in [1.29, 1.82) is 0 Å². The van der Waals surface area contributed by atoms with Gasteiger partial charge in [-0.15, -0.1) is 0 Å². The van der Waals surface area contributed by atoms with Crippen molar-refractivity contribution in [1.82, 2.24) is 24.6 Å². The summed E-state index contributed by atoms with van der Waals surface area (Å²) in [6.07, 6.45) is 16.2. The summed E-state index contributed by atoms with van der Waals surface area (Å²) in [6, 6.07) is 8.51. The third-order valence-corrected chi connectivity index (χ3v) is 12.9. The number of benzene rings is 1. The zero-order chi connectivity index (χ0) is 33.2. The Hall–Kier alpha value is -3.53. The molecule has 0 spiro atoms. The van der Waals surface area contributed by atoms with E-state index in [2.05, 4.69) is 47.3 Å². The van der Waals surface area contributed by atoms with Gasteiger partial charge in [-0.3, -0.25) is 14.4 Å². The van der Waals surface area contributed by atoms with Crippen LogP contribution in [-0.4, -0.2) is 67.4 Å². The van der Waals surface area contributed by atoms with Gasteiger partial charge in [-0.1, -0.05) is 25.5 Å². The van der Waals surface area contributed by atoms with E-state index in [-0.39, 0.29) is 29.2 Å². The number of piperidine rings is 1. The average Bonchev–Trinajstić information content (AvgIpc) is 3.60. The Morgan fingerprint density at radius 3 is 2.56 bits per heavy atom. The van der Waals surface area contributed by atoms with Gasteiger partial charge in [0.05, 0.1) is 23.3 Å². The van der Waals surface area contributed by atoms with Crippen molar-refractivity contribution in [2.24, 2.45) is 10.8 Å². The van der Waals surface area contributed by atoms with Crippen molar-refractivity contribution < 1.29 is 14.3 Å². The largest absolute Gasteiger partial charge is 0.481 e. The first kappa shape index (κ1) is 31.7. The highest BCUT2D eigenvalue weighted by Crippen LogP contribution is 2.75. The molecule has 2 unspecified atom stereocenters. The topological polar surface area (TPSA) is 99.4 Å². The number of carboxylic acid groups (broad SMARTS) is 1. The van der Waals surface area contributed by atoms with E-state index in [0.717, 1.165) is 80.7 Å². The molecular weight excluding hydrogens is 605 g/mol. The van der Waals surface area contributed by atoms with Crippen LogP contribution in [0, 0.1) is 16.6 Å². The molecule has 48 heavy (non-hydrogen) atoms. The first-order chi connectivity index (χ1) is 23.2. The van der Waals surface area contributed by atoms with Crippen LogP contribution in [0.1, 0.15) is 112 Å². The molecule has 3 saturated carbocycles. The summed E-state index contributed by atoms with van der Waals surface area (Å²) >= 11 is 0. The number of aryl methyl sites for hydroxylation is 2. The Labute approximate surface area is 283 Å². The van der Waals surface area contributed by atoms with E-state index >= 15 is 0 Å². The molecule has 4 aliphatic carbocycles. The van der Waals surface area contributed by atoms with Crippen LogP contribution in [0.3, 0.4) is 0 Å². The second-order valence-electron chi connectivity index (χ2n) is 15.6. The molecule has 6 aliphatic rings. The second-order valence-corrected chi connectivity index (χ2v) is 15.6. The smallest absolute Gasteiger partial charge is 0.309 e. The number of hydrogen-bond donors (Lipinski definition) is 2. The minimum atomic E-state index is -0.647. The maximum Gasteiger partial charge on any atom is 0.309 e. The number of nitrogens with zero attached hydrogens (tertiary/aromatic N) is 6. The molecule has 0 radical (unpaired) electrons. The molecule has 2 saturated heterocycles. The molecule has 5 atom stereocenters. The molecule has 0 amide bonds. The maximum atomic E-state index is 14.3. The Morgan fingerprint density at radius 2 is 1.90 bits per heavy atom. The number of fused-ring (bicyclic) bond motifs is 3. The van der Waals surface area contributed by atoms with Crippen molar-refractivity contribution in [2.45, 2.75) is 128 Å². The van der Waals surface area contributed by atoms with Gasteiger partial charge in [0, 0.05) is 55.6 Å². The molecule has 256 valence electrons. The number of rotatable bonds is 12. The summed E-state index contributed by atoms with van der Waals surface area (Å²) < 4.78 is 16.3. The summed E-state index contributed by atoms with van der Waals surface area (Å²) in [4.78, 5) is 27.5. The zero-order valence-corrected chi connectivity index (χ0v) is 28.7. The van der Waals surface area contributed by atoms with Gasteiger partial charge in [0.1, 0.15) is 11.6 Å². The predicted molar refractivity (Wildman–Crippen MR) is 184 cm³/mol. The van der Waals surface area contributed by atoms with Crippen LogP contribution < -0.4 is 10.2 Å². The van der Waals surface area contributed by atoms with Crippen molar-refractivity contribution in [3.8, 4) is 0 Å². The van der Waals surface area contributed by atoms with Crippen LogP contribution >= 0.6 is 0 Å². The first-order valence-electron chi connectivity index (χ1n) is 18.4. The Kier molecular flexibility index (Phi) is 8.00. The van der Waals surface area contributed by atoms with E-state index in [0.29, 0.717) is 18.0 Å². The standard InChI is InChI=1S/C38H50FN7O2/c1-4-33(37-21-38(22-37,23-37)35(47)48)44(3)36-42-31-15-12-25(24-8-6-9-27(39)16-24)17-30(31)34(43-36)41-32(26-18-40-45(5-2)19-26)20-46-28-10-7-11-29(46)14-13-28/h6,8-9,16,18-19,25,28-29,32-33H,4-5,7,10-15,17,20-23H2,1-3H3,(H,47,48)(H,41,42,43)/t25-,28?,29?,32+,33-,37?,38?/m1/s1. The summed E-state index contributed by atoms with van der Waals surface area (Å²) in [5.74, 6) is 0.929. The van der Waals surface area contributed by atoms with Gasteiger partial charge in [-0.05, 0) is 107 Å². The fourth-order valence-electron chi connectivity index (χ4n) is 10.5. The number of carbonyl (C=O) groups is 1. The van der Waals surface area contributed by atoms with Crippen molar-refractivity contribution in [3.05, 3.63) is 64.9 Å². The van der Waals surface area contributed by atoms with Crippen molar-refractivity contribution >= 4 is 17.7 Å². The summed E-state index contributed by atoms with van der Waals surface area (Å²) in [5.41, 5.74) is 3.89.